The highest BCUT2D eigenvalue weighted by molar-refractivity contribution is 7.10. The Kier molecular flexibility index (Phi) is 3.85. The molecule has 1 aliphatic carbocycles. The number of hydrogen-bond donors (Lipinski definition) is 2. The molecule has 0 saturated heterocycles. The Hall–Kier alpha value is -1.65. The van der Waals surface area contributed by atoms with Crippen molar-refractivity contribution in [1.82, 2.24) is 0 Å². The zero-order chi connectivity index (χ0) is 13.9. The summed E-state index contributed by atoms with van der Waals surface area (Å²) in [6.45, 7) is 0.435. The minimum absolute atomic E-state index is 0.0177. The number of hydrogen-bond acceptors (Lipinski definition) is 3. The molecule has 1 aliphatic rings. The molecule has 3 rings (SSSR count). The van der Waals surface area contributed by atoms with Crippen LogP contribution in [-0.2, 0) is 17.8 Å². The van der Waals surface area contributed by atoms with Gasteiger partial charge in [-0.3, -0.25) is 4.79 Å². The third kappa shape index (κ3) is 2.49. The summed E-state index contributed by atoms with van der Waals surface area (Å²) in [6.07, 6.45) is 3.13. The first-order valence-electron chi connectivity index (χ1n) is 6.94. The Morgan fingerprint density at radius 3 is 3.05 bits per heavy atom. The maximum Gasteiger partial charge on any atom is 0.231 e. The number of rotatable bonds is 3. The Morgan fingerprint density at radius 2 is 2.20 bits per heavy atom. The van der Waals surface area contributed by atoms with Crippen molar-refractivity contribution >= 4 is 22.9 Å². The minimum atomic E-state index is -0.0177. The van der Waals surface area contributed by atoms with Gasteiger partial charge in [0.05, 0.1) is 5.92 Å². The second-order valence-electron chi connectivity index (χ2n) is 5.09. The highest BCUT2D eigenvalue weighted by Crippen LogP contribution is 2.35. The normalized spacial score (nSPS) is 17.6. The predicted octanol–water partition coefficient (Wildman–Crippen LogP) is 3.27. The number of carbonyl (C=O) groups excluding carboxylic acids is 1. The molecule has 0 radical (unpaired) electrons. The topological polar surface area (TPSA) is 55.1 Å². The van der Waals surface area contributed by atoms with Gasteiger partial charge in [0.1, 0.15) is 0 Å². The summed E-state index contributed by atoms with van der Waals surface area (Å²) in [7, 11) is 0. The molecule has 0 aliphatic heterocycles. The van der Waals surface area contributed by atoms with Crippen molar-refractivity contribution in [3.05, 3.63) is 51.7 Å². The molecule has 1 unspecified atom stereocenters. The van der Waals surface area contributed by atoms with E-state index in [0.29, 0.717) is 6.54 Å². The summed E-state index contributed by atoms with van der Waals surface area (Å²) in [5.41, 5.74) is 8.74. The predicted molar refractivity (Wildman–Crippen MR) is 83.0 cm³/mol. The van der Waals surface area contributed by atoms with Crippen LogP contribution in [0.2, 0.25) is 0 Å². The molecule has 2 aromatic rings. The third-order valence-corrected chi connectivity index (χ3v) is 4.86. The van der Waals surface area contributed by atoms with Gasteiger partial charge in [-0.2, -0.15) is 0 Å². The number of carbonyl (C=O) groups is 1. The van der Waals surface area contributed by atoms with E-state index in [9.17, 15) is 4.79 Å². The van der Waals surface area contributed by atoms with E-state index in [1.54, 1.807) is 11.3 Å². The van der Waals surface area contributed by atoms with E-state index in [-0.39, 0.29) is 11.8 Å². The third-order valence-electron chi connectivity index (χ3n) is 3.86. The van der Waals surface area contributed by atoms with Gasteiger partial charge in [-0.15, -0.1) is 11.3 Å². The molecule has 4 heteroatoms. The number of amides is 1. The fraction of sp³-hybridized carbons (Fsp3) is 0.312. The summed E-state index contributed by atoms with van der Waals surface area (Å²) in [4.78, 5) is 13.9. The van der Waals surface area contributed by atoms with Crippen molar-refractivity contribution in [2.45, 2.75) is 31.7 Å². The van der Waals surface area contributed by atoms with Crippen LogP contribution in [0.15, 0.2) is 35.7 Å². The molecule has 1 amide bonds. The molecule has 0 spiro atoms. The Bertz CT molecular complexity index is 620. The van der Waals surface area contributed by atoms with Crippen molar-refractivity contribution in [2.24, 2.45) is 5.73 Å². The van der Waals surface area contributed by atoms with Crippen LogP contribution in [0.3, 0.4) is 0 Å². The molecule has 20 heavy (non-hydrogen) atoms. The first-order valence-corrected chi connectivity index (χ1v) is 7.82. The number of thiophene rings is 1. The highest BCUT2D eigenvalue weighted by Gasteiger charge is 2.27. The van der Waals surface area contributed by atoms with Gasteiger partial charge in [0, 0.05) is 17.1 Å². The summed E-state index contributed by atoms with van der Waals surface area (Å²) in [5.74, 6) is 0.0704. The molecular weight excluding hydrogens is 268 g/mol. The van der Waals surface area contributed by atoms with Crippen LogP contribution in [0.5, 0.6) is 0 Å². The van der Waals surface area contributed by atoms with E-state index in [0.717, 1.165) is 30.5 Å². The maximum absolute atomic E-state index is 12.5. The molecule has 1 atom stereocenters. The highest BCUT2D eigenvalue weighted by atomic mass is 32.1. The number of fused-ring (bicyclic) bond motifs is 1. The van der Waals surface area contributed by atoms with Crippen LogP contribution in [0.4, 0.5) is 5.69 Å². The number of anilines is 1. The molecule has 0 bridgehead atoms. The molecule has 0 fully saturated rings. The lowest BCUT2D eigenvalue weighted by atomic mass is 9.87. The van der Waals surface area contributed by atoms with Crippen molar-refractivity contribution in [3.63, 3.8) is 0 Å². The lowest BCUT2D eigenvalue weighted by molar-refractivity contribution is -0.117. The van der Waals surface area contributed by atoms with Crippen LogP contribution in [0.1, 0.15) is 34.8 Å². The first-order chi connectivity index (χ1) is 9.79. The first kappa shape index (κ1) is 13.3. The van der Waals surface area contributed by atoms with Gasteiger partial charge in [0.2, 0.25) is 5.91 Å². The average molecular weight is 286 g/mol. The average Bonchev–Trinajstić information content (AvgIpc) is 2.96. The molecule has 0 saturated carbocycles. The molecule has 1 aromatic heterocycles. The summed E-state index contributed by atoms with van der Waals surface area (Å²) in [5, 5.41) is 5.13. The van der Waals surface area contributed by atoms with Gasteiger partial charge in [0.25, 0.3) is 0 Å². The van der Waals surface area contributed by atoms with Crippen LogP contribution in [-0.4, -0.2) is 5.91 Å². The number of benzene rings is 1. The van der Waals surface area contributed by atoms with Crippen molar-refractivity contribution in [3.8, 4) is 0 Å². The molecule has 1 aromatic carbocycles. The molecule has 3 N–H and O–H groups in total. The maximum atomic E-state index is 12.5. The van der Waals surface area contributed by atoms with Crippen LogP contribution in [0.25, 0.3) is 0 Å². The van der Waals surface area contributed by atoms with Crippen LogP contribution < -0.4 is 11.1 Å². The Labute approximate surface area is 122 Å². The zero-order valence-corrected chi connectivity index (χ0v) is 12.1. The van der Waals surface area contributed by atoms with E-state index in [2.05, 4.69) is 16.8 Å². The summed E-state index contributed by atoms with van der Waals surface area (Å²) < 4.78 is 0. The lowest BCUT2D eigenvalue weighted by Crippen LogP contribution is -2.24. The largest absolute Gasteiger partial charge is 0.326 e. The number of aryl methyl sites for hydroxylation is 1. The molecule has 1 heterocycles. The monoisotopic (exact) mass is 286 g/mol. The molecule has 3 nitrogen and oxygen atoms in total. The fourth-order valence-corrected chi connectivity index (χ4v) is 3.79. The van der Waals surface area contributed by atoms with Gasteiger partial charge in [-0.25, -0.2) is 0 Å². The van der Waals surface area contributed by atoms with E-state index in [1.807, 2.05) is 24.3 Å². The van der Waals surface area contributed by atoms with Crippen LogP contribution >= 0.6 is 11.3 Å². The smallest absolute Gasteiger partial charge is 0.231 e. The fourth-order valence-electron chi connectivity index (χ4n) is 2.80. The van der Waals surface area contributed by atoms with E-state index in [1.165, 1.54) is 10.4 Å². The van der Waals surface area contributed by atoms with Gasteiger partial charge >= 0.3 is 0 Å². The van der Waals surface area contributed by atoms with E-state index < -0.39 is 0 Å². The number of nitrogens with one attached hydrogen (secondary N) is 1. The van der Waals surface area contributed by atoms with Crippen molar-refractivity contribution in [1.29, 1.82) is 0 Å². The summed E-state index contributed by atoms with van der Waals surface area (Å²) in [6, 6.07) is 9.82. The van der Waals surface area contributed by atoms with Crippen molar-refractivity contribution < 1.29 is 4.79 Å². The molecule has 104 valence electrons. The van der Waals surface area contributed by atoms with Gasteiger partial charge in [-0.1, -0.05) is 18.2 Å². The van der Waals surface area contributed by atoms with Crippen LogP contribution in [0, 0.1) is 0 Å². The van der Waals surface area contributed by atoms with Gasteiger partial charge < -0.3 is 11.1 Å². The van der Waals surface area contributed by atoms with Crippen molar-refractivity contribution in [2.75, 3.05) is 5.32 Å². The standard InChI is InChI=1S/C16H18N2OS/c17-10-11-4-1-2-6-14(11)18-16(19)13-5-3-7-15-12(13)8-9-20-15/h1-2,4,6,8-9,13H,3,5,7,10,17H2,(H,18,19). The van der Waals surface area contributed by atoms with Gasteiger partial charge in [0.15, 0.2) is 0 Å². The van der Waals surface area contributed by atoms with E-state index in [4.69, 9.17) is 5.73 Å². The molecular formula is C16H18N2OS. The van der Waals surface area contributed by atoms with E-state index >= 15 is 0 Å². The minimum Gasteiger partial charge on any atom is -0.326 e. The van der Waals surface area contributed by atoms with Gasteiger partial charge in [-0.05, 0) is 47.9 Å². The second-order valence-corrected chi connectivity index (χ2v) is 6.10. The zero-order valence-electron chi connectivity index (χ0n) is 11.3. The number of nitrogens with two attached hydrogens (primary N) is 1. The Morgan fingerprint density at radius 1 is 1.35 bits per heavy atom. The summed E-state index contributed by atoms with van der Waals surface area (Å²) >= 11 is 1.76. The lowest BCUT2D eigenvalue weighted by Gasteiger charge is -2.22. The quantitative estimate of drug-likeness (QED) is 0.910. The SMILES string of the molecule is NCc1ccccc1NC(=O)C1CCCc2sccc21. The second kappa shape index (κ2) is 5.77. The number of para-hydroxylation sites is 1. The Balaban J connectivity index is 1.81.